The molecule has 0 saturated carbocycles. The van der Waals surface area contributed by atoms with Crippen LogP contribution in [0.3, 0.4) is 0 Å². The van der Waals surface area contributed by atoms with Gasteiger partial charge >= 0.3 is 0 Å². The van der Waals surface area contributed by atoms with E-state index in [1.54, 1.807) is 12.4 Å². The Morgan fingerprint density at radius 2 is 1.85 bits per heavy atom. The molecule has 0 fully saturated rings. The minimum atomic E-state index is 0.675. The van der Waals surface area contributed by atoms with E-state index < -0.39 is 0 Å². The number of para-hydroxylation sites is 1. The van der Waals surface area contributed by atoms with Crippen molar-refractivity contribution in [2.45, 2.75) is 0 Å². The molecule has 0 atom stereocenters. The van der Waals surface area contributed by atoms with Crippen molar-refractivity contribution < 1.29 is 0 Å². The second kappa shape index (κ2) is 5.72. The van der Waals surface area contributed by atoms with Crippen molar-refractivity contribution >= 4 is 34.4 Å². The van der Waals surface area contributed by atoms with Crippen LogP contribution in [-0.2, 0) is 0 Å². The van der Waals surface area contributed by atoms with Crippen LogP contribution in [0.25, 0.3) is 10.9 Å². The molecule has 1 N–H and O–H groups in total. The van der Waals surface area contributed by atoms with Crippen LogP contribution in [0.1, 0.15) is 5.56 Å². The van der Waals surface area contributed by atoms with Gasteiger partial charge < -0.3 is 0 Å². The van der Waals surface area contributed by atoms with Crippen molar-refractivity contribution in [2.75, 3.05) is 5.43 Å². The van der Waals surface area contributed by atoms with Crippen LogP contribution >= 0.6 is 11.6 Å². The number of nitrogens with zero attached hydrogens (tertiary/aromatic N) is 2. The fraction of sp³-hybridized carbons (Fsp3) is 0. The molecule has 3 nitrogen and oxygen atoms in total. The summed E-state index contributed by atoms with van der Waals surface area (Å²) >= 11 is 6.07. The summed E-state index contributed by atoms with van der Waals surface area (Å²) in [5, 5.41) is 5.97. The molecule has 4 heteroatoms. The van der Waals surface area contributed by atoms with Gasteiger partial charge in [-0.3, -0.25) is 10.4 Å². The number of nitrogens with one attached hydrogen (secondary N) is 1. The highest BCUT2D eigenvalue weighted by Gasteiger charge is 1.99. The Hall–Kier alpha value is -2.39. The lowest BCUT2D eigenvalue weighted by atomic mass is 10.2. The average Bonchev–Trinajstić information content (AvgIpc) is 2.49. The summed E-state index contributed by atoms with van der Waals surface area (Å²) in [4.78, 5) is 4.36. The number of hydrogen-bond donors (Lipinski definition) is 1. The monoisotopic (exact) mass is 281 g/mol. The predicted molar refractivity (Wildman–Crippen MR) is 84.4 cm³/mol. The number of benzene rings is 2. The van der Waals surface area contributed by atoms with E-state index >= 15 is 0 Å². The Morgan fingerprint density at radius 3 is 2.75 bits per heavy atom. The smallest absolute Gasteiger partial charge is 0.0951 e. The van der Waals surface area contributed by atoms with E-state index in [1.807, 2.05) is 54.6 Å². The molecule has 0 aliphatic rings. The molecule has 0 radical (unpaired) electrons. The SMILES string of the molecule is Clc1ccccc1/C=N/Nc1cccc2cccnc12. The Labute approximate surface area is 121 Å². The number of halogens is 1. The van der Waals surface area contributed by atoms with E-state index in [4.69, 9.17) is 11.6 Å². The van der Waals surface area contributed by atoms with Gasteiger partial charge in [-0.1, -0.05) is 48.0 Å². The second-order valence-electron chi connectivity index (χ2n) is 4.27. The van der Waals surface area contributed by atoms with Gasteiger partial charge in [-0.2, -0.15) is 5.10 Å². The number of fused-ring (bicyclic) bond motifs is 1. The molecule has 20 heavy (non-hydrogen) atoms. The van der Waals surface area contributed by atoms with Crippen LogP contribution in [0, 0.1) is 0 Å². The molecule has 3 rings (SSSR count). The Balaban J connectivity index is 1.86. The van der Waals surface area contributed by atoms with Crippen molar-refractivity contribution in [1.29, 1.82) is 0 Å². The molecule has 0 aliphatic carbocycles. The Morgan fingerprint density at radius 1 is 1.00 bits per heavy atom. The van der Waals surface area contributed by atoms with Gasteiger partial charge in [0.25, 0.3) is 0 Å². The predicted octanol–water partition coefficient (Wildman–Crippen LogP) is 4.33. The highest BCUT2D eigenvalue weighted by atomic mass is 35.5. The molecule has 1 heterocycles. The first-order valence-electron chi connectivity index (χ1n) is 6.22. The van der Waals surface area contributed by atoms with E-state index in [1.165, 1.54) is 0 Å². The third-order valence-corrected chi connectivity index (χ3v) is 3.27. The molecular formula is C16H12ClN3. The molecular weight excluding hydrogens is 270 g/mol. The minimum Gasteiger partial charge on any atom is -0.276 e. The maximum atomic E-state index is 6.07. The summed E-state index contributed by atoms with van der Waals surface area (Å²) in [5.41, 5.74) is 5.64. The largest absolute Gasteiger partial charge is 0.276 e. The van der Waals surface area contributed by atoms with Gasteiger partial charge in [-0.05, 0) is 18.2 Å². The van der Waals surface area contributed by atoms with E-state index in [0.717, 1.165) is 22.2 Å². The zero-order valence-electron chi connectivity index (χ0n) is 10.6. The third kappa shape index (κ3) is 2.63. The van der Waals surface area contributed by atoms with Crippen LogP contribution in [-0.4, -0.2) is 11.2 Å². The summed E-state index contributed by atoms with van der Waals surface area (Å²) in [6, 6.07) is 17.4. The van der Waals surface area contributed by atoms with Crippen LogP contribution in [0.4, 0.5) is 5.69 Å². The molecule has 2 aromatic carbocycles. The van der Waals surface area contributed by atoms with Gasteiger partial charge in [0, 0.05) is 22.2 Å². The zero-order valence-corrected chi connectivity index (χ0v) is 11.4. The molecule has 0 amide bonds. The van der Waals surface area contributed by atoms with Gasteiger partial charge in [0.1, 0.15) is 0 Å². The topological polar surface area (TPSA) is 37.3 Å². The number of anilines is 1. The van der Waals surface area contributed by atoms with E-state index in [2.05, 4.69) is 15.5 Å². The summed E-state index contributed by atoms with van der Waals surface area (Å²) in [7, 11) is 0. The minimum absolute atomic E-state index is 0.675. The lowest BCUT2D eigenvalue weighted by Gasteiger charge is -2.04. The van der Waals surface area contributed by atoms with Gasteiger partial charge in [0.05, 0.1) is 17.4 Å². The van der Waals surface area contributed by atoms with Crippen molar-refractivity contribution in [3.63, 3.8) is 0 Å². The third-order valence-electron chi connectivity index (χ3n) is 2.93. The molecule has 0 saturated heterocycles. The van der Waals surface area contributed by atoms with Crippen molar-refractivity contribution in [3.05, 3.63) is 71.4 Å². The first-order chi connectivity index (χ1) is 9.84. The maximum Gasteiger partial charge on any atom is 0.0951 e. The average molecular weight is 282 g/mol. The highest BCUT2D eigenvalue weighted by molar-refractivity contribution is 6.33. The molecule has 0 unspecified atom stereocenters. The molecule has 0 aliphatic heterocycles. The van der Waals surface area contributed by atoms with Crippen molar-refractivity contribution in [2.24, 2.45) is 5.10 Å². The van der Waals surface area contributed by atoms with Crippen LogP contribution in [0.5, 0.6) is 0 Å². The normalized spacial score (nSPS) is 11.1. The number of aromatic nitrogens is 1. The Kier molecular flexibility index (Phi) is 3.61. The van der Waals surface area contributed by atoms with Gasteiger partial charge in [-0.15, -0.1) is 0 Å². The van der Waals surface area contributed by atoms with Crippen LogP contribution in [0.15, 0.2) is 65.9 Å². The summed E-state index contributed by atoms with van der Waals surface area (Å²) in [6.07, 6.45) is 3.47. The van der Waals surface area contributed by atoms with Gasteiger partial charge in [0.15, 0.2) is 0 Å². The molecule has 3 aromatic rings. The zero-order chi connectivity index (χ0) is 13.8. The van der Waals surface area contributed by atoms with E-state index in [-0.39, 0.29) is 0 Å². The quantitative estimate of drug-likeness (QED) is 0.573. The number of rotatable bonds is 3. The fourth-order valence-electron chi connectivity index (χ4n) is 1.95. The summed E-state index contributed by atoms with van der Waals surface area (Å²) < 4.78 is 0. The summed E-state index contributed by atoms with van der Waals surface area (Å²) in [5.74, 6) is 0. The number of hydrogen-bond acceptors (Lipinski definition) is 3. The molecule has 0 spiro atoms. The number of hydrazone groups is 1. The number of pyridine rings is 1. The van der Waals surface area contributed by atoms with Crippen molar-refractivity contribution in [1.82, 2.24) is 4.98 Å². The summed E-state index contributed by atoms with van der Waals surface area (Å²) in [6.45, 7) is 0. The van der Waals surface area contributed by atoms with E-state index in [9.17, 15) is 0 Å². The first kappa shape index (κ1) is 12.6. The van der Waals surface area contributed by atoms with Crippen molar-refractivity contribution in [3.8, 4) is 0 Å². The molecule has 98 valence electrons. The molecule has 0 bridgehead atoms. The lowest BCUT2D eigenvalue weighted by molar-refractivity contribution is 1.33. The fourth-order valence-corrected chi connectivity index (χ4v) is 2.13. The van der Waals surface area contributed by atoms with Crippen LogP contribution in [0.2, 0.25) is 5.02 Å². The molecule has 1 aromatic heterocycles. The Bertz CT molecular complexity index is 763. The van der Waals surface area contributed by atoms with Crippen LogP contribution < -0.4 is 5.43 Å². The maximum absolute atomic E-state index is 6.07. The van der Waals surface area contributed by atoms with Gasteiger partial charge in [0.2, 0.25) is 0 Å². The first-order valence-corrected chi connectivity index (χ1v) is 6.60. The van der Waals surface area contributed by atoms with E-state index in [0.29, 0.717) is 5.02 Å². The highest BCUT2D eigenvalue weighted by Crippen LogP contribution is 2.20. The standard InChI is InChI=1S/C16H12ClN3/c17-14-8-2-1-5-13(14)11-19-20-15-9-3-6-12-7-4-10-18-16(12)15/h1-11,20H/b19-11+. The second-order valence-corrected chi connectivity index (χ2v) is 4.68. The van der Waals surface area contributed by atoms with Gasteiger partial charge in [-0.25, -0.2) is 0 Å². The lowest BCUT2D eigenvalue weighted by Crippen LogP contribution is -1.93.